The molecular formula is C31H46N2O2. The van der Waals surface area contributed by atoms with Crippen molar-refractivity contribution in [2.24, 2.45) is 27.6 Å². The first-order valence-electron chi connectivity index (χ1n) is 13.9. The zero-order valence-electron chi connectivity index (χ0n) is 23.0. The Morgan fingerprint density at radius 3 is 2.43 bits per heavy atom. The third kappa shape index (κ3) is 3.35. The lowest BCUT2D eigenvalue weighted by molar-refractivity contribution is -0.153. The third-order valence-corrected chi connectivity index (χ3v) is 11.8. The summed E-state index contributed by atoms with van der Waals surface area (Å²) in [4.78, 5) is 12.7. The molecule has 0 heterocycles. The topological polar surface area (TPSA) is 61.4 Å². The molecule has 35 heavy (non-hydrogen) atoms. The fraction of sp³-hybridized carbons (Fsp3) is 0.710. The molecule has 4 heteroatoms. The highest BCUT2D eigenvalue weighted by Gasteiger charge is 2.66. The van der Waals surface area contributed by atoms with E-state index < -0.39 is 0 Å². The summed E-state index contributed by atoms with van der Waals surface area (Å²) in [7, 11) is 0. The Morgan fingerprint density at radius 2 is 1.71 bits per heavy atom. The zero-order valence-corrected chi connectivity index (χ0v) is 23.0. The van der Waals surface area contributed by atoms with Crippen LogP contribution < -0.4 is 10.6 Å². The summed E-state index contributed by atoms with van der Waals surface area (Å²) in [6.07, 6.45) is 14.8. The quantitative estimate of drug-likeness (QED) is 0.318. The van der Waals surface area contributed by atoms with Gasteiger partial charge in [-0.2, -0.15) is 0 Å². The largest absolute Gasteiger partial charge is 0.504 e. The van der Waals surface area contributed by atoms with Gasteiger partial charge in [-0.1, -0.05) is 52.3 Å². The molecule has 0 spiro atoms. The molecule has 0 bridgehead atoms. The molecular weight excluding hydrogens is 432 g/mol. The maximum Gasteiger partial charge on any atom is 0.220 e. The van der Waals surface area contributed by atoms with Crippen LogP contribution in [0.3, 0.4) is 0 Å². The molecule has 0 aromatic carbocycles. The second-order valence-electron chi connectivity index (χ2n) is 13.6. The Bertz CT molecular complexity index is 1080. The van der Waals surface area contributed by atoms with Gasteiger partial charge in [0.05, 0.1) is 0 Å². The standard InChI is InChI=1S/C31H46N2O2/c1-8-32-19-33-28(4)13-11-27(3)12-15-30(6)24-10-9-21-20(2)26(35)23(34)17-22(21)29(24,5)14-16-31(30,7)25(27)18-28/h9-10,17,25,32-33,35H,8,11-16,18-19H2,1-7H3/t25-,27-,28-,29+,30-,31+/m1/s1. The van der Waals surface area contributed by atoms with Gasteiger partial charge in [-0.25, -0.2) is 0 Å². The van der Waals surface area contributed by atoms with E-state index in [1.165, 1.54) is 44.1 Å². The summed E-state index contributed by atoms with van der Waals surface area (Å²) in [5, 5.41) is 17.7. The van der Waals surface area contributed by atoms with Crippen molar-refractivity contribution in [3.8, 4) is 0 Å². The van der Waals surface area contributed by atoms with Gasteiger partial charge in [0.25, 0.3) is 0 Å². The molecule has 192 valence electrons. The lowest BCUT2D eigenvalue weighted by atomic mass is 9.35. The SMILES string of the molecule is CCNCN[C@]1(C)CC[C@]2(C)CC[C@]3(C)C4=CC=C5C(=CC(=O)C(O)=C5C)[C@]4(C)CC[C@@]3(C)[C@@H]2C1. The monoisotopic (exact) mass is 478 g/mol. The molecule has 4 nitrogen and oxygen atoms in total. The van der Waals surface area contributed by atoms with Gasteiger partial charge in [-0.05, 0) is 105 Å². The minimum atomic E-state index is -0.235. The van der Waals surface area contributed by atoms with Crippen LogP contribution >= 0.6 is 0 Å². The van der Waals surface area contributed by atoms with Crippen molar-refractivity contribution >= 4 is 5.78 Å². The normalized spacial score (nSPS) is 44.9. The number of aliphatic hydroxyl groups excluding tert-OH is 1. The van der Waals surface area contributed by atoms with Gasteiger partial charge in [0.2, 0.25) is 5.78 Å². The van der Waals surface area contributed by atoms with Crippen LogP contribution in [0.5, 0.6) is 0 Å². The molecule has 0 aromatic heterocycles. The molecule has 5 aliphatic rings. The number of ketones is 1. The highest BCUT2D eigenvalue weighted by atomic mass is 16.3. The predicted octanol–water partition coefficient (Wildman–Crippen LogP) is 6.52. The van der Waals surface area contributed by atoms with Crippen molar-refractivity contribution in [3.05, 3.63) is 46.3 Å². The van der Waals surface area contributed by atoms with E-state index in [1.807, 2.05) is 6.92 Å². The molecule has 0 aromatic rings. The molecule has 0 aliphatic heterocycles. The van der Waals surface area contributed by atoms with E-state index in [-0.39, 0.29) is 33.3 Å². The van der Waals surface area contributed by atoms with E-state index in [0.29, 0.717) is 11.3 Å². The van der Waals surface area contributed by atoms with Crippen molar-refractivity contribution in [3.63, 3.8) is 0 Å². The van der Waals surface area contributed by atoms with Crippen molar-refractivity contribution in [2.75, 3.05) is 13.2 Å². The number of hydrogen-bond donors (Lipinski definition) is 3. The van der Waals surface area contributed by atoms with Gasteiger partial charge in [0.1, 0.15) is 0 Å². The van der Waals surface area contributed by atoms with Gasteiger partial charge < -0.3 is 10.4 Å². The van der Waals surface area contributed by atoms with Crippen LogP contribution in [0.25, 0.3) is 0 Å². The van der Waals surface area contributed by atoms with Gasteiger partial charge in [-0.15, -0.1) is 0 Å². The summed E-state index contributed by atoms with van der Waals surface area (Å²) in [5.41, 5.74) is 5.15. The maximum atomic E-state index is 12.7. The van der Waals surface area contributed by atoms with E-state index in [9.17, 15) is 9.90 Å². The lowest BCUT2D eigenvalue weighted by Gasteiger charge is -2.70. The van der Waals surface area contributed by atoms with E-state index in [0.717, 1.165) is 36.4 Å². The highest BCUT2D eigenvalue weighted by molar-refractivity contribution is 6.06. The molecule has 3 fully saturated rings. The summed E-state index contributed by atoms with van der Waals surface area (Å²) in [6, 6.07) is 0. The Labute approximate surface area is 212 Å². The third-order valence-electron chi connectivity index (χ3n) is 11.8. The molecule has 0 saturated heterocycles. The number of hydrogen-bond acceptors (Lipinski definition) is 4. The second-order valence-corrected chi connectivity index (χ2v) is 13.6. The molecule has 6 atom stereocenters. The fourth-order valence-corrected chi connectivity index (χ4v) is 9.02. The Kier molecular flexibility index (Phi) is 5.66. The average Bonchev–Trinajstić information content (AvgIpc) is 2.81. The van der Waals surface area contributed by atoms with Gasteiger partial charge in [0.15, 0.2) is 5.76 Å². The van der Waals surface area contributed by atoms with E-state index >= 15 is 0 Å². The molecule has 3 N–H and O–H groups in total. The van der Waals surface area contributed by atoms with Crippen LogP contribution in [0.1, 0.15) is 93.4 Å². The number of carbonyl (C=O) groups is 1. The van der Waals surface area contributed by atoms with Crippen LogP contribution in [-0.2, 0) is 4.79 Å². The van der Waals surface area contributed by atoms with Crippen LogP contribution in [0.2, 0.25) is 0 Å². The van der Waals surface area contributed by atoms with E-state index in [4.69, 9.17) is 0 Å². The number of fused-ring (bicyclic) bond motifs is 7. The summed E-state index contributed by atoms with van der Waals surface area (Å²) in [5.74, 6) is 0.332. The molecule has 5 rings (SSSR count). The summed E-state index contributed by atoms with van der Waals surface area (Å²) >= 11 is 0. The summed E-state index contributed by atoms with van der Waals surface area (Å²) in [6.45, 7) is 18.4. The Morgan fingerprint density at radius 1 is 1.00 bits per heavy atom. The first-order valence-corrected chi connectivity index (χ1v) is 13.9. The van der Waals surface area contributed by atoms with Gasteiger partial charge in [-0.3, -0.25) is 10.1 Å². The van der Waals surface area contributed by atoms with Gasteiger partial charge >= 0.3 is 0 Å². The van der Waals surface area contributed by atoms with Crippen LogP contribution in [-0.4, -0.2) is 29.6 Å². The second kappa shape index (κ2) is 7.92. The Balaban J connectivity index is 1.56. The van der Waals surface area contributed by atoms with Crippen molar-refractivity contribution in [2.45, 2.75) is 99.0 Å². The van der Waals surface area contributed by atoms with Crippen LogP contribution in [0.15, 0.2) is 46.3 Å². The fourth-order valence-electron chi connectivity index (χ4n) is 9.02. The zero-order chi connectivity index (χ0) is 25.4. The lowest BCUT2D eigenvalue weighted by Crippen LogP contribution is -2.64. The van der Waals surface area contributed by atoms with Crippen molar-refractivity contribution in [1.29, 1.82) is 0 Å². The Hall–Kier alpha value is -1.65. The molecule has 0 radical (unpaired) electrons. The molecule has 0 amide bonds. The molecule has 5 aliphatic carbocycles. The predicted molar refractivity (Wildman–Crippen MR) is 143 cm³/mol. The molecule has 3 saturated carbocycles. The number of aliphatic hydroxyl groups is 1. The smallest absolute Gasteiger partial charge is 0.220 e. The minimum Gasteiger partial charge on any atom is -0.504 e. The number of nitrogens with one attached hydrogen (secondary N) is 2. The first kappa shape index (κ1) is 25.0. The van der Waals surface area contributed by atoms with Gasteiger partial charge in [0, 0.05) is 23.2 Å². The van der Waals surface area contributed by atoms with Crippen LogP contribution in [0.4, 0.5) is 0 Å². The number of rotatable bonds is 4. The molecule has 0 unspecified atom stereocenters. The summed E-state index contributed by atoms with van der Waals surface area (Å²) < 4.78 is 0. The van der Waals surface area contributed by atoms with Crippen molar-refractivity contribution in [1.82, 2.24) is 10.6 Å². The number of allylic oxidation sites excluding steroid dienone is 7. The minimum absolute atomic E-state index is 0.0904. The van der Waals surface area contributed by atoms with Crippen molar-refractivity contribution < 1.29 is 9.90 Å². The number of carbonyl (C=O) groups excluding carboxylic acids is 1. The highest BCUT2D eigenvalue weighted by Crippen LogP contribution is 2.75. The average molecular weight is 479 g/mol. The first-order chi connectivity index (χ1) is 16.3. The maximum absolute atomic E-state index is 12.7. The van der Waals surface area contributed by atoms with E-state index in [2.05, 4.69) is 64.3 Å². The van der Waals surface area contributed by atoms with Crippen LogP contribution in [0, 0.1) is 27.6 Å². The van der Waals surface area contributed by atoms with E-state index in [1.54, 1.807) is 6.08 Å².